The van der Waals surface area contributed by atoms with Crippen molar-refractivity contribution in [3.63, 3.8) is 0 Å². The quantitative estimate of drug-likeness (QED) is 0.735. The van der Waals surface area contributed by atoms with Gasteiger partial charge < -0.3 is 10.2 Å². The summed E-state index contributed by atoms with van der Waals surface area (Å²) in [7, 11) is 2.28. The average Bonchev–Trinajstić information content (AvgIpc) is 2.97. The lowest BCUT2D eigenvalue weighted by molar-refractivity contribution is 0.164. The number of nitrogens with zero attached hydrogens (tertiary/aromatic N) is 1. The minimum Gasteiger partial charge on any atom is -0.311 e. The maximum Gasteiger partial charge on any atom is 0.00967 e. The first-order chi connectivity index (χ1) is 7.74. The number of rotatable bonds is 7. The summed E-state index contributed by atoms with van der Waals surface area (Å²) in [4.78, 5) is 2.53. The molecular weight excluding hydrogens is 208 g/mol. The third kappa shape index (κ3) is 6.42. The van der Waals surface area contributed by atoms with Crippen LogP contribution in [0.25, 0.3) is 0 Å². The third-order valence-corrected chi connectivity index (χ3v) is 3.82. The Kier molecular flexibility index (Phi) is 5.03. The van der Waals surface area contributed by atoms with Crippen LogP contribution in [0.4, 0.5) is 0 Å². The normalized spacial score (nSPS) is 20.6. The largest absolute Gasteiger partial charge is 0.311 e. The van der Waals surface area contributed by atoms with Gasteiger partial charge in [0.05, 0.1) is 0 Å². The van der Waals surface area contributed by atoms with Gasteiger partial charge in [-0.05, 0) is 58.4 Å². The molecule has 0 aliphatic heterocycles. The molecule has 2 nitrogen and oxygen atoms in total. The van der Waals surface area contributed by atoms with Crippen LogP contribution in [-0.4, -0.2) is 37.1 Å². The molecule has 0 aromatic heterocycles. The first-order valence-corrected chi connectivity index (χ1v) is 7.18. The van der Waals surface area contributed by atoms with Crippen molar-refractivity contribution >= 4 is 0 Å². The topological polar surface area (TPSA) is 15.3 Å². The number of hydrogen-bond donors (Lipinski definition) is 1. The minimum atomic E-state index is 0.228. The molecule has 0 spiro atoms. The predicted octanol–water partition coefficient (Wildman–Crippen LogP) is 3.13. The van der Waals surface area contributed by atoms with Gasteiger partial charge in [0.25, 0.3) is 0 Å². The van der Waals surface area contributed by atoms with Gasteiger partial charge >= 0.3 is 0 Å². The van der Waals surface area contributed by atoms with Crippen molar-refractivity contribution in [3.05, 3.63) is 0 Å². The van der Waals surface area contributed by atoms with E-state index in [2.05, 4.69) is 51.9 Å². The lowest BCUT2D eigenvalue weighted by atomic mass is 9.86. The van der Waals surface area contributed by atoms with E-state index in [1.807, 2.05) is 0 Å². The van der Waals surface area contributed by atoms with Crippen LogP contribution in [0, 0.1) is 11.3 Å². The van der Waals surface area contributed by atoms with Gasteiger partial charge in [0.2, 0.25) is 0 Å². The fourth-order valence-electron chi connectivity index (χ4n) is 2.23. The maximum atomic E-state index is 3.66. The fourth-order valence-corrected chi connectivity index (χ4v) is 2.23. The van der Waals surface area contributed by atoms with E-state index in [9.17, 15) is 0 Å². The summed E-state index contributed by atoms with van der Waals surface area (Å²) in [5.74, 6) is 0.997. The van der Waals surface area contributed by atoms with Gasteiger partial charge in [0, 0.05) is 25.2 Å². The average molecular weight is 240 g/mol. The molecule has 1 fully saturated rings. The zero-order valence-electron chi connectivity index (χ0n) is 12.8. The summed E-state index contributed by atoms with van der Waals surface area (Å²) >= 11 is 0. The molecule has 0 radical (unpaired) electrons. The van der Waals surface area contributed by atoms with E-state index in [-0.39, 0.29) is 5.54 Å². The van der Waals surface area contributed by atoms with Crippen molar-refractivity contribution in [1.82, 2.24) is 10.2 Å². The highest BCUT2D eigenvalue weighted by Gasteiger charge is 2.29. The smallest absolute Gasteiger partial charge is 0.00967 e. The molecule has 1 N–H and O–H groups in total. The summed E-state index contributed by atoms with van der Waals surface area (Å²) in [5, 5.41) is 3.66. The Morgan fingerprint density at radius 1 is 1.18 bits per heavy atom. The van der Waals surface area contributed by atoms with E-state index in [1.165, 1.54) is 32.4 Å². The van der Waals surface area contributed by atoms with E-state index >= 15 is 0 Å². The molecule has 0 aromatic carbocycles. The minimum absolute atomic E-state index is 0.228. The van der Waals surface area contributed by atoms with Gasteiger partial charge in [-0.15, -0.1) is 0 Å². The van der Waals surface area contributed by atoms with E-state index in [0.717, 1.165) is 12.5 Å². The van der Waals surface area contributed by atoms with Crippen LogP contribution in [0.3, 0.4) is 0 Å². The number of nitrogens with one attached hydrogen (secondary N) is 1. The zero-order valence-corrected chi connectivity index (χ0v) is 12.8. The molecule has 17 heavy (non-hydrogen) atoms. The molecule has 0 heterocycles. The molecule has 0 aromatic rings. The Balaban J connectivity index is 2.36. The first kappa shape index (κ1) is 15.0. The second-order valence-electron chi connectivity index (χ2n) is 7.41. The maximum absolute atomic E-state index is 3.66. The van der Waals surface area contributed by atoms with Crippen LogP contribution in [0.2, 0.25) is 0 Å². The molecule has 1 saturated carbocycles. The van der Waals surface area contributed by atoms with Gasteiger partial charge in [-0.3, -0.25) is 0 Å². The Morgan fingerprint density at radius 3 is 2.18 bits per heavy atom. The molecule has 1 atom stereocenters. The molecule has 0 amide bonds. The Labute approximate surface area is 108 Å². The van der Waals surface area contributed by atoms with Gasteiger partial charge in [-0.25, -0.2) is 0 Å². The van der Waals surface area contributed by atoms with Crippen LogP contribution in [0.15, 0.2) is 0 Å². The van der Waals surface area contributed by atoms with Gasteiger partial charge in [-0.1, -0.05) is 13.8 Å². The molecule has 1 rings (SSSR count). The van der Waals surface area contributed by atoms with E-state index in [1.54, 1.807) is 0 Å². The van der Waals surface area contributed by atoms with Crippen LogP contribution >= 0.6 is 0 Å². The van der Waals surface area contributed by atoms with Crippen molar-refractivity contribution in [3.8, 4) is 0 Å². The van der Waals surface area contributed by atoms with Crippen molar-refractivity contribution in [2.75, 3.05) is 26.7 Å². The fraction of sp³-hybridized carbons (Fsp3) is 1.00. The van der Waals surface area contributed by atoms with E-state index in [4.69, 9.17) is 0 Å². The van der Waals surface area contributed by atoms with E-state index in [0.29, 0.717) is 5.41 Å². The zero-order chi connectivity index (χ0) is 13.1. The van der Waals surface area contributed by atoms with Crippen LogP contribution < -0.4 is 5.32 Å². The Bertz CT molecular complexity index is 228. The van der Waals surface area contributed by atoms with Crippen molar-refractivity contribution in [2.24, 2.45) is 11.3 Å². The molecule has 0 bridgehead atoms. The highest BCUT2D eigenvalue weighted by molar-refractivity contribution is 4.84. The second-order valence-corrected chi connectivity index (χ2v) is 7.41. The van der Waals surface area contributed by atoms with Gasteiger partial charge in [0.1, 0.15) is 0 Å². The standard InChI is InChI=1S/C15H32N2/c1-7-15(5,11-16-14(2,3)4)12-17(6)10-13-8-9-13/h13,16H,7-12H2,1-6H3. The first-order valence-electron chi connectivity index (χ1n) is 7.18. The monoisotopic (exact) mass is 240 g/mol. The highest BCUT2D eigenvalue weighted by Crippen LogP contribution is 2.31. The Morgan fingerprint density at radius 2 is 1.76 bits per heavy atom. The molecular formula is C15H32N2. The molecule has 1 unspecified atom stereocenters. The van der Waals surface area contributed by atoms with Crippen LogP contribution in [0.5, 0.6) is 0 Å². The summed E-state index contributed by atoms with van der Waals surface area (Å²) in [6, 6.07) is 0. The Hall–Kier alpha value is -0.0800. The predicted molar refractivity (Wildman–Crippen MR) is 76.4 cm³/mol. The van der Waals surface area contributed by atoms with Gasteiger partial charge in [-0.2, -0.15) is 0 Å². The lowest BCUT2D eigenvalue weighted by Crippen LogP contribution is -2.47. The highest BCUT2D eigenvalue weighted by atomic mass is 15.1. The van der Waals surface area contributed by atoms with E-state index < -0.39 is 0 Å². The summed E-state index contributed by atoms with van der Waals surface area (Å²) in [5.41, 5.74) is 0.627. The molecule has 0 saturated heterocycles. The molecule has 102 valence electrons. The van der Waals surface area contributed by atoms with Crippen molar-refractivity contribution in [2.45, 2.75) is 59.4 Å². The summed E-state index contributed by atoms with van der Waals surface area (Å²) in [6.07, 6.45) is 4.14. The van der Waals surface area contributed by atoms with Crippen LogP contribution in [-0.2, 0) is 0 Å². The molecule has 1 aliphatic carbocycles. The second kappa shape index (κ2) is 5.71. The molecule has 1 aliphatic rings. The van der Waals surface area contributed by atoms with Crippen molar-refractivity contribution < 1.29 is 0 Å². The van der Waals surface area contributed by atoms with Gasteiger partial charge in [0.15, 0.2) is 0 Å². The molecule has 2 heteroatoms. The SMILES string of the molecule is CCC(C)(CNC(C)(C)C)CN(C)CC1CC1. The lowest BCUT2D eigenvalue weighted by Gasteiger charge is -2.36. The summed E-state index contributed by atoms with van der Waals surface area (Å²) < 4.78 is 0. The van der Waals surface area contributed by atoms with Crippen molar-refractivity contribution in [1.29, 1.82) is 0 Å². The summed E-state index contributed by atoms with van der Waals surface area (Å²) in [6.45, 7) is 15.1. The third-order valence-electron chi connectivity index (χ3n) is 3.82. The van der Waals surface area contributed by atoms with Crippen LogP contribution in [0.1, 0.15) is 53.9 Å². The number of hydrogen-bond acceptors (Lipinski definition) is 2.